The van der Waals surface area contributed by atoms with Gasteiger partial charge in [-0.25, -0.2) is 47.9 Å². The molecule has 0 unspecified atom stereocenters. The molecule has 0 atom stereocenters. The van der Waals surface area contributed by atoms with E-state index in [9.17, 15) is 74.1 Å². The topological polar surface area (TPSA) is 535 Å². The minimum absolute atomic E-state index is 0. The Balaban J connectivity index is 0.000000171. The summed E-state index contributed by atoms with van der Waals surface area (Å²) in [6, 6.07) is 4.94. The van der Waals surface area contributed by atoms with Gasteiger partial charge in [0, 0.05) is 120 Å². The Labute approximate surface area is 685 Å². The smallest absolute Gasteiger partial charge is 0.481 e. The van der Waals surface area contributed by atoms with Crippen molar-refractivity contribution >= 4 is 84.7 Å². The SMILES string of the molecule is O=C(O)C1CC(O)C1.O=S(=O)(O)C(F)(F)F.[C-]#[N+]CC1(n2cc(-c3nccc4nc(NC(=O)C5CC(O)C5)nn34)cn2)CN(C(=O)OC(C)(C)C)C1.[C-]#[N+]CC1(n2cc(-c3nccc4nc(NC(=O)C5CC(O)C5)nn34)cn2)CN(S(=O)(=O)C(F)(F)F)C1.[C-]#[N+]CC1(n2cc(-c3nccc4nc(NC(=O)C5CC(O)C5)nn34)cn2)CNC1.[CH3-].[W]. The molecule has 0 bridgehead atoms. The van der Waals surface area contributed by atoms with Crippen molar-refractivity contribution in [3.63, 3.8) is 0 Å². The number of halogens is 6. The van der Waals surface area contributed by atoms with Crippen LogP contribution in [-0.4, -0.2) is 274 Å². The van der Waals surface area contributed by atoms with Crippen LogP contribution in [0.5, 0.6) is 0 Å². The quantitative estimate of drug-likeness (QED) is 0.0271. The zero-order chi connectivity index (χ0) is 84.7. The zero-order valence-corrected chi connectivity index (χ0v) is 67.7. The number of nitrogens with one attached hydrogen (secondary N) is 4. The summed E-state index contributed by atoms with van der Waals surface area (Å²) in [6.07, 6.45) is 15.7. The maximum Gasteiger partial charge on any atom is 0.522 e. The second kappa shape index (κ2) is 35.0. The monoisotopic (exact) mass is 1880 g/mol. The van der Waals surface area contributed by atoms with E-state index in [0.717, 1.165) is 5.56 Å². The first-order valence-electron chi connectivity index (χ1n) is 35.5. The fourth-order valence-electron chi connectivity index (χ4n) is 13.0. The first-order valence-corrected chi connectivity index (χ1v) is 38.4. The van der Waals surface area contributed by atoms with Crippen molar-refractivity contribution in [3.8, 4) is 34.2 Å². The van der Waals surface area contributed by atoms with Crippen molar-refractivity contribution in [1.29, 1.82) is 0 Å². The average Bonchev–Trinajstić information content (AvgIpc) is 1.69. The predicted molar refractivity (Wildman–Crippen MR) is 394 cm³/mol. The molecule has 9 aromatic rings. The van der Waals surface area contributed by atoms with Crippen LogP contribution in [0.1, 0.15) is 72.1 Å². The van der Waals surface area contributed by atoms with Crippen molar-refractivity contribution < 1.29 is 123 Å². The van der Waals surface area contributed by atoms with Crippen LogP contribution in [0.4, 0.5) is 49.0 Å². The zero-order valence-electron chi connectivity index (χ0n) is 63.1. The number of carbonyl (C=O) groups excluding carboxylic acids is 4. The Kier molecular flexibility index (Phi) is 26.5. The molecule has 0 aromatic carbocycles. The summed E-state index contributed by atoms with van der Waals surface area (Å²) in [5.41, 5.74) is -10.7. The molecule has 4 aliphatic carbocycles. The van der Waals surface area contributed by atoms with E-state index in [2.05, 4.69) is 96.3 Å². The molecule has 0 radical (unpaired) electrons. The predicted octanol–water partition coefficient (Wildman–Crippen LogP) is 2.64. The summed E-state index contributed by atoms with van der Waals surface area (Å²) < 4.78 is 135. The summed E-state index contributed by atoms with van der Waals surface area (Å²) in [5, 5.41) is 82.4. The molecule has 119 heavy (non-hydrogen) atoms. The number of aliphatic carboxylic acids is 1. The number of carbonyl (C=O) groups is 5. The molecule has 636 valence electrons. The number of aliphatic hydroxyl groups excluding tert-OH is 4. The van der Waals surface area contributed by atoms with Gasteiger partial charge in [-0.2, -0.15) is 82.9 Å². The van der Waals surface area contributed by atoms with Gasteiger partial charge < -0.3 is 62.4 Å². The van der Waals surface area contributed by atoms with Gasteiger partial charge in [-0.15, -0.1) is 15.3 Å². The number of ether oxygens (including phenoxy) is 1. The first-order chi connectivity index (χ1) is 55.0. The first kappa shape index (κ1) is 90.1. The molecule has 10 N–H and O–H groups in total. The van der Waals surface area contributed by atoms with Gasteiger partial charge >= 0.3 is 43.2 Å². The molecule has 7 aliphatic rings. The molecule has 4 saturated carbocycles. The van der Waals surface area contributed by atoms with Crippen molar-refractivity contribution in [2.45, 2.75) is 130 Å². The molecule has 0 spiro atoms. The van der Waals surface area contributed by atoms with Crippen LogP contribution < -0.4 is 21.3 Å². The minimum Gasteiger partial charge on any atom is -0.481 e. The van der Waals surface area contributed by atoms with Gasteiger partial charge in [0.05, 0.1) is 78.7 Å². The van der Waals surface area contributed by atoms with Crippen LogP contribution in [-0.2, 0) is 81.7 Å². The number of amides is 4. The number of carboxylic acids is 1. The van der Waals surface area contributed by atoms with Crippen molar-refractivity contribution in [2.24, 2.45) is 23.7 Å². The molecule has 43 nitrogen and oxygen atoms in total. The number of hydrogen-bond acceptors (Lipinski definition) is 27. The second-order valence-corrected chi connectivity index (χ2v) is 33.1. The van der Waals surface area contributed by atoms with Gasteiger partial charge in [-0.05, 0) is 72.1 Å². The summed E-state index contributed by atoms with van der Waals surface area (Å²) in [7, 11) is -11.4. The van der Waals surface area contributed by atoms with Crippen LogP contribution >= 0.6 is 0 Å². The van der Waals surface area contributed by atoms with Gasteiger partial charge in [-0.1, -0.05) is 0 Å². The number of aromatic nitrogens is 18. The Morgan fingerprint density at radius 3 is 1.12 bits per heavy atom. The van der Waals surface area contributed by atoms with Gasteiger partial charge in [-0.3, -0.25) is 53.7 Å². The molecule has 12 heterocycles. The number of alkyl halides is 6. The van der Waals surface area contributed by atoms with Crippen molar-refractivity contribution in [3.05, 3.63) is 116 Å². The maximum absolute atomic E-state index is 12.9. The number of sulfonamides is 1. The summed E-state index contributed by atoms with van der Waals surface area (Å²) in [6.45, 7) is 28.4. The number of aliphatic hydroxyl groups is 4. The fraction of sp³-hybridized carbons (Fsp3) is 0.507. The second-order valence-electron chi connectivity index (χ2n) is 29.7. The third kappa shape index (κ3) is 19.6. The summed E-state index contributed by atoms with van der Waals surface area (Å²) in [4.78, 5) is 97.3. The van der Waals surface area contributed by atoms with Crippen molar-refractivity contribution in [2.75, 3.05) is 74.9 Å². The van der Waals surface area contributed by atoms with Crippen LogP contribution in [0.15, 0.2) is 74.0 Å². The van der Waals surface area contributed by atoms with Crippen LogP contribution in [0.25, 0.3) is 65.6 Å². The van der Waals surface area contributed by atoms with E-state index < -0.39 is 91.3 Å². The van der Waals surface area contributed by atoms with Gasteiger partial charge in [0.2, 0.25) is 55.2 Å². The number of fused-ring (bicyclic) bond motifs is 3. The summed E-state index contributed by atoms with van der Waals surface area (Å²) >= 11 is 0. The third-order valence-electron chi connectivity index (χ3n) is 19.9. The Morgan fingerprint density at radius 2 is 0.849 bits per heavy atom. The summed E-state index contributed by atoms with van der Waals surface area (Å²) in [5.74, 6) is -0.921. The molecule has 3 aliphatic heterocycles. The van der Waals surface area contributed by atoms with E-state index in [1.807, 2.05) is 31.6 Å². The number of carboxylic acid groups (broad SMARTS) is 1. The van der Waals surface area contributed by atoms with Crippen LogP contribution in [0.2, 0.25) is 0 Å². The molecule has 16 rings (SSSR count). The van der Waals surface area contributed by atoms with Crippen LogP contribution in [0, 0.1) is 50.8 Å². The van der Waals surface area contributed by atoms with E-state index in [1.165, 1.54) is 32.3 Å². The Bertz CT molecular complexity index is 5620. The largest absolute Gasteiger partial charge is 0.522 e. The van der Waals surface area contributed by atoms with Gasteiger partial charge in [0.15, 0.2) is 51.0 Å². The standard InChI is InChI=1S/C23H27N9O4.C19H18F3N9O4S.C18H19N9O2.C5H8O3.CHF3O3S.CH3.W/c1-22(2,3)36-21(35)30-12-23(13-30,11-24-4)31-10-15(9-26-31)18-25-6-5-17-27-20(29-32(17)18)28-19(34)14-7-16(33)8-14;1-23-8-18(9-29(10-18)36(34,35)19(20,21)22)30-7-12(6-25-30)15-24-3-2-14-26-17(28-31(14)15)27-16(33)11-4-13(32)5-11;1-19-8-18(9-20-10-18)26-7-12(6-22-26)15-21-3-2-14-23-17(25-27(14)15)24-16(29)11-4-13(28)5-11;6-4-1-3(2-4)5(7)8;2-1(3,4)8(5,6)7;;/h5-6,9-10,14,16,33H,7-8,11-13H2,1-3H3,(H,28,29,34);2-3,6-7,11,13,32H,4-5,8-10H2,(H,27,28,33);2-3,6-7,11,13,20,28H,4-5,8-10H2,(H,24,25,29);3-4,6H,1-2H2,(H,7,8);(H,5,6,7);1H3;/q;;;;;-1;. The van der Waals surface area contributed by atoms with E-state index in [-0.39, 0.29) is 123 Å². The molecular formula is C67H76F6N27O16S2W-. The van der Waals surface area contributed by atoms with E-state index in [4.69, 9.17) is 47.6 Å². The number of anilines is 3. The number of hydrogen-bond donors (Lipinski definition) is 10. The normalized spacial score (nSPS) is 21.8. The van der Waals surface area contributed by atoms with E-state index in [0.29, 0.717) is 124 Å². The van der Waals surface area contributed by atoms with Gasteiger partial charge in [0.1, 0.15) is 5.60 Å². The van der Waals surface area contributed by atoms with E-state index >= 15 is 0 Å². The molecule has 4 amide bonds. The third-order valence-corrected chi connectivity index (χ3v) is 22.0. The molecule has 7 fully saturated rings. The Hall–Kier alpha value is -11.2. The molecular weight excluding hydrogens is 1800 g/mol. The number of rotatable bonds is 17. The average molecular weight is 1880 g/mol. The maximum atomic E-state index is 12.9. The van der Waals surface area contributed by atoms with Crippen LogP contribution in [0.3, 0.4) is 0 Å². The number of likely N-dealkylation sites (tertiary alicyclic amines) is 1. The molecule has 3 saturated heterocycles. The van der Waals surface area contributed by atoms with E-state index in [1.54, 1.807) is 63.3 Å². The fourth-order valence-corrected chi connectivity index (χ4v) is 14.1. The minimum atomic E-state index is -5.84. The molecule has 52 heteroatoms. The van der Waals surface area contributed by atoms with Gasteiger partial charge in [0.25, 0.3) is 0 Å². The molecule has 9 aromatic heterocycles. The van der Waals surface area contributed by atoms with Crippen molar-refractivity contribution in [1.82, 2.24) is 103 Å². The number of nitrogens with zero attached hydrogens (tertiary/aromatic N) is 23. The Morgan fingerprint density at radius 1 is 0.538 bits per heavy atom.